The number of esters is 1. The second-order valence-corrected chi connectivity index (χ2v) is 10.0. The molecule has 2 aromatic carbocycles. The number of aryl methyl sites for hydroxylation is 1. The first-order chi connectivity index (χ1) is 20.4. The van der Waals surface area contributed by atoms with Crippen molar-refractivity contribution in [2.24, 2.45) is 7.05 Å². The summed E-state index contributed by atoms with van der Waals surface area (Å²) >= 11 is 5.79. The van der Waals surface area contributed by atoms with Crippen LogP contribution < -0.4 is 9.47 Å². The van der Waals surface area contributed by atoms with Crippen LogP contribution in [0.15, 0.2) is 48.5 Å². The lowest BCUT2D eigenvalue weighted by Gasteiger charge is -2.31. The normalized spacial score (nSPS) is 15.6. The molecule has 0 N–H and O–H groups in total. The lowest BCUT2D eigenvalue weighted by atomic mass is 9.93. The first-order valence-electron chi connectivity index (χ1n) is 13.8. The summed E-state index contributed by atoms with van der Waals surface area (Å²) in [4.78, 5) is 23.3. The number of likely N-dealkylation sites (tertiary alicyclic amines) is 1. The number of carbonyl (C=O) groups is 1. The van der Waals surface area contributed by atoms with E-state index in [0.29, 0.717) is 31.0 Å². The maximum Gasteiger partial charge on any atom is 0.387 e. The molecule has 12 heteroatoms. The number of aromatic nitrogens is 3. The van der Waals surface area contributed by atoms with E-state index in [0.717, 1.165) is 24.6 Å². The van der Waals surface area contributed by atoms with Gasteiger partial charge in [-0.2, -0.15) is 8.78 Å². The molecule has 1 saturated heterocycles. The molecular formula is C29H28ClF3N4O4. The zero-order valence-electron chi connectivity index (χ0n) is 24.2. The lowest BCUT2D eigenvalue weighted by Crippen LogP contribution is -2.33. The third kappa shape index (κ3) is 6.57. The van der Waals surface area contributed by atoms with Gasteiger partial charge in [0, 0.05) is 35.3 Å². The lowest BCUT2D eigenvalue weighted by molar-refractivity contribution is -0.0489. The summed E-state index contributed by atoms with van der Waals surface area (Å²) in [6.45, 7) is -3.75. The van der Waals surface area contributed by atoms with Gasteiger partial charge >= 0.3 is 12.6 Å². The average Bonchev–Trinajstić information content (AvgIpc) is 3.27. The second-order valence-electron chi connectivity index (χ2n) is 9.58. The van der Waals surface area contributed by atoms with Crippen LogP contribution in [0.2, 0.25) is 5.02 Å². The van der Waals surface area contributed by atoms with Crippen molar-refractivity contribution in [2.75, 3.05) is 20.2 Å². The van der Waals surface area contributed by atoms with E-state index < -0.39 is 25.0 Å². The monoisotopic (exact) mass is 590 g/mol. The van der Waals surface area contributed by atoms with Crippen molar-refractivity contribution >= 4 is 28.6 Å². The van der Waals surface area contributed by atoms with Crippen LogP contribution >= 0.6 is 11.6 Å². The van der Waals surface area contributed by atoms with Gasteiger partial charge in [0.05, 0.1) is 27.5 Å². The number of hydrogen-bond acceptors (Lipinski definition) is 7. The molecule has 41 heavy (non-hydrogen) atoms. The summed E-state index contributed by atoms with van der Waals surface area (Å²) in [6, 6.07) is 11.5. The largest absolute Gasteiger partial charge is 0.473 e. The van der Waals surface area contributed by atoms with E-state index in [1.54, 1.807) is 17.7 Å². The summed E-state index contributed by atoms with van der Waals surface area (Å²) in [5, 5.41) is 0.151. The quantitative estimate of drug-likeness (QED) is 0.218. The van der Waals surface area contributed by atoms with E-state index in [-0.39, 0.29) is 39.2 Å². The standard InChI is InChI=1S/C29H28ClF3N4O4/c1-36-23-12-19(28(38)39-2)13-24(41-29(32)33)27(23)35-25(36)15-37-10-8-17(9-11-37)22-4-3-5-26(34-22)40-16-18-6-7-20(30)14-21(18)31/h3-7,12-14,17,29H,8-11,15-16H2,1-2H3/i16D2. The van der Waals surface area contributed by atoms with Crippen molar-refractivity contribution in [2.45, 2.75) is 38.5 Å². The van der Waals surface area contributed by atoms with Crippen molar-refractivity contribution in [1.82, 2.24) is 19.4 Å². The van der Waals surface area contributed by atoms with E-state index >= 15 is 0 Å². The number of fused-ring (bicyclic) bond motifs is 1. The topological polar surface area (TPSA) is 78.7 Å². The molecule has 0 atom stereocenters. The fourth-order valence-corrected chi connectivity index (χ4v) is 5.01. The minimum atomic E-state index is -3.09. The number of nitrogens with zero attached hydrogens (tertiary/aromatic N) is 4. The van der Waals surface area contributed by atoms with Gasteiger partial charge in [-0.15, -0.1) is 0 Å². The van der Waals surface area contributed by atoms with E-state index in [1.165, 1.54) is 37.4 Å². The van der Waals surface area contributed by atoms with Gasteiger partial charge in [0.1, 0.15) is 23.7 Å². The summed E-state index contributed by atoms with van der Waals surface area (Å²) < 4.78 is 73.7. The van der Waals surface area contributed by atoms with Crippen LogP contribution in [0.3, 0.4) is 0 Å². The third-order valence-corrected chi connectivity index (χ3v) is 7.23. The Hall–Kier alpha value is -3.83. The Labute approximate surface area is 242 Å². The molecule has 0 saturated carbocycles. The van der Waals surface area contributed by atoms with E-state index in [2.05, 4.69) is 19.6 Å². The first kappa shape index (κ1) is 26.1. The number of piperidine rings is 1. The predicted octanol–water partition coefficient (Wildman–Crippen LogP) is 6.11. The van der Waals surface area contributed by atoms with Crippen LogP contribution in [-0.2, 0) is 24.9 Å². The molecule has 0 spiro atoms. The Balaban J connectivity index is 1.27. The van der Waals surface area contributed by atoms with E-state index in [1.807, 2.05) is 6.07 Å². The molecule has 5 rings (SSSR count). The Morgan fingerprint density at radius 3 is 2.66 bits per heavy atom. The summed E-state index contributed by atoms with van der Waals surface area (Å²) in [5.74, 6) is -0.978. The maximum atomic E-state index is 14.3. The van der Waals surface area contributed by atoms with Crippen molar-refractivity contribution in [3.05, 3.63) is 82.0 Å². The van der Waals surface area contributed by atoms with Crippen LogP contribution in [0.1, 0.15) is 48.9 Å². The maximum absolute atomic E-state index is 14.3. The number of methoxy groups -OCH3 is 1. The van der Waals surface area contributed by atoms with Crippen LogP contribution in [0.4, 0.5) is 13.2 Å². The molecule has 0 aliphatic carbocycles. The highest BCUT2D eigenvalue weighted by Gasteiger charge is 2.25. The van der Waals surface area contributed by atoms with Gasteiger partial charge in [-0.25, -0.2) is 19.2 Å². The summed E-state index contributed by atoms with van der Waals surface area (Å²) in [6.07, 6.45) is 1.48. The molecule has 0 bridgehead atoms. The van der Waals surface area contributed by atoms with Gasteiger partial charge in [0.2, 0.25) is 5.88 Å². The number of alkyl halides is 2. The molecule has 1 aliphatic rings. The molecule has 4 aromatic rings. The van der Waals surface area contributed by atoms with Crippen LogP contribution in [0.5, 0.6) is 11.6 Å². The third-order valence-electron chi connectivity index (χ3n) is 6.99. The minimum absolute atomic E-state index is 0.0344. The zero-order valence-corrected chi connectivity index (χ0v) is 23.0. The zero-order chi connectivity index (χ0) is 30.9. The molecule has 1 fully saturated rings. The molecule has 216 valence electrons. The van der Waals surface area contributed by atoms with Crippen LogP contribution in [0, 0.1) is 5.82 Å². The van der Waals surface area contributed by atoms with E-state index in [4.69, 9.17) is 23.8 Å². The number of ether oxygens (including phenoxy) is 3. The molecule has 2 aromatic heterocycles. The van der Waals surface area contributed by atoms with Gasteiger partial charge in [0.25, 0.3) is 0 Å². The highest BCUT2D eigenvalue weighted by molar-refractivity contribution is 6.30. The Bertz CT molecular complexity index is 1650. The minimum Gasteiger partial charge on any atom is -0.473 e. The number of pyridine rings is 1. The SMILES string of the molecule is [2H]C([2H])(Oc1cccc(C2CCN(Cc3nc4c(OC(F)F)cc(C(=O)OC)cc4n3C)CC2)n1)c1ccc(Cl)cc1F. The van der Waals surface area contributed by atoms with Crippen molar-refractivity contribution in [3.8, 4) is 11.6 Å². The molecule has 0 amide bonds. The van der Waals surface area contributed by atoms with Crippen LogP contribution in [0.25, 0.3) is 11.0 Å². The molecule has 3 heterocycles. The van der Waals surface area contributed by atoms with Gasteiger partial charge in [-0.05, 0) is 56.3 Å². The number of imidazole rings is 1. The van der Waals surface area contributed by atoms with Gasteiger partial charge < -0.3 is 18.8 Å². The van der Waals surface area contributed by atoms with Crippen molar-refractivity contribution in [3.63, 3.8) is 0 Å². The Kier molecular flexibility index (Phi) is 7.86. The highest BCUT2D eigenvalue weighted by Crippen LogP contribution is 2.32. The number of carbonyl (C=O) groups excluding carboxylic acids is 1. The molecule has 8 nitrogen and oxygen atoms in total. The number of benzene rings is 2. The fourth-order valence-electron chi connectivity index (χ4n) is 4.85. The van der Waals surface area contributed by atoms with Crippen molar-refractivity contribution in [1.29, 1.82) is 0 Å². The van der Waals surface area contributed by atoms with E-state index in [9.17, 15) is 18.0 Å². The fraction of sp³-hybridized carbons (Fsp3) is 0.345. The van der Waals surface area contributed by atoms with Crippen LogP contribution in [-0.4, -0.2) is 52.2 Å². The smallest absolute Gasteiger partial charge is 0.387 e. The molecular weight excluding hydrogens is 561 g/mol. The van der Waals surface area contributed by atoms with Gasteiger partial charge in [-0.3, -0.25) is 4.90 Å². The second kappa shape index (κ2) is 12.4. The number of hydrogen-bond donors (Lipinski definition) is 0. The molecule has 1 aliphatic heterocycles. The summed E-state index contributed by atoms with van der Waals surface area (Å²) in [5.41, 5.74) is 1.21. The Morgan fingerprint density at radius 1 is 1.17 bits per heavy atom. The summed E-state index contributed by atoms with van der Waals surface area (Å²) in [7, 11) is 2.95. The number of rotatable bonds is 9. The van der Waals surface area contributed by atoms with Crippen molar-refractivity contribution < 1.29 is 34.9 Å². The Morgan fingerprint density at radius 2 is 1.95 bits per heavy atom. The molecule has 0 radical (unpaired) electrons. The average molecular weight is 591 g/mol. The highest BCUT2D eigenvalue weighted by atomic mass is 35.5. The predicted molar refractivity (Wildman–Crippen MR) is 146 cm³/mol. The van der Waals surface area contributed by atoms with Gasteiger partial charge in [-0.1, -0.05) is 23.7 Å². The first-order valence-corrected chi connectivity index (χ1v) is 13.2. The molecule has 0 unspecified atom stereocenters. The van der Waals surface area contributed by atoms with Gasteiger partial charge in [0.15, 0.2) is 5.75 Å². The number of halogens is 4.